The molecule has 4 nitrogen and oxygen atoms in total. The van der Waals surface area contributed by atoms with Gasteiger partial charge in [-0.1, -0.05) is 18.2 Å². The summed E-state index contributed by atoms with van der Waals surface area (Å²) >= 11 is 0. The van der Waals surface area contributed by atoms with Gasteiger partial charge in [-0.25, -0.2) is 0 Å². The molecule has 1 unspecified atom stereocenters. The number of rotatable bonds is 3. The third kappa shape index (κ3) is 3.09. The maximum Gasteiger partial charge on any atom is 0.263 e. The Morgan fingerprint density at radius 3 is 2.44 bits per heavy atom. The fourth-order valence-electron chi connectivity index (χ4n) is 1.99. The Bertz CT molecular complexity index is 420. The van der Waals surface area contributed by atoms with Crippen LogP contribution in [0, 0.1) is 0 Å². The number of ketones is 1. The zero-order valence-corrected chi connectivity index (χ0v) is 10.5. The largest absolute Gasteiger partial charge is 0.481 e. The predicted molar refractivity (Wildman–Crippen MR) is 67.4 cm³/mol. The van der Waals surface area contributed by atoms with Crippen molar-refractivity contribution in [1.29, 1.82) is 0 Å². The molecule has 1 heterocycles. The van der Waals surface area contributed by atoms with Crippen molar-refractivity contribution >= 4 is 11.7 Å². The lowest BCUT2D eigenvalue weighted by Gasteiger charge is -2.28. The van der Waals surface area contributed by atoms with E-state index in [1.54, 1.807) is 11.8 Å². The quantitative estimate of drug-likeness (QED) is 0.815. The normalized spacial score (nSPS) is 17.4. The highest BCUT2D eigenvalue weighted by Gasteiger charge is 2.25. The number of likely N-dealkylation sites (tertiary alicyclic amines) is 1. The molecule has 0 aliphatic carbocycles. The minimum atomic E-state index is -0.513. The Hall–Kier alpha value is -1.84. The number of hydrogen-bond donors (Lipinski definition) is 0. The first-order valence-electron chi connectivity index (χ1n) is 6.19. The highest BCUT2D eigenvalue weighted by molar-refractivity contribution is 5.85. The van der Waals surface area contributed by atoms with E-state index in [2.05, 4.69) is 0 Å². The molecule has 0 spiro atoms. The van der Waals surface area contributed by atoms with Gasteiger partial charge in [-0.15, -0.1) is 0 Å². The monoisotopic (exact) mass is 247 g/mol. The topological polar surface area (TPSA) is 46.6 Å². The molecule has 0 N–H and O–H groups in total. The van der Waals surface area contributed by atoms with Crippen molar-refractivity contribution in [3.63, 3.8) is 0 Å². The molecular weight excluding hydrogens is 230 g/mol. The molecule has 1 aliphatic rings. The molecule has 1 aliphatic heterocycles. The number of carbonyl (C=O) groups is 2. The molecule has 0 saturated carbocycles. The van der Waals surface area contributed by atoms with Crippen molar-refractivity contribution in [2.45, 2.75) is 25.9 Å². The lowest BCUT2D eigenvalue weighted by Crippen LogP contribution is -2.44. The van der Waals surface area contributed by atoms with Gasteiger partial charge in [-0.3, -0.25) is 9.59 Å². The molecule has 1 atom stereocenters. The zero-order valence-electron chi connectivity index (χ0n) is 10.5. The van der Waals surface area contributed by atoms with Crippen LogP contribution in [0.15, 0.2) is 30.3 Å². The minimum Gasteiger partial charge on any atom is -0.481 e. The molecule has 2 rings (SSSR count). The van der Waals surface area contributed by atoms with Crippen LogP contribution < -0.4 is 4.74 Å². The van der Waals surface area contributed by atoms with Gasteiger partial charge < -0.3 is 9.64 Å². The summed E-state index contributed by atoms with van der Waals surface area (Å²) in [6.45, 7) is 2.77. The average Bonchev–Trinajstić information content (AvgIpc) is 2.40. The average molecular weight is 247 g/mol. The Balaban J connectivity index is 1.91. The maximum absolute atomic E-state index is 12.1. The van der Waals surface area contributed by atoms with Crippen LogP contribution in [0.3, 0.4) is 0 Å². The van der Waals surface area contributed by atoms with Crippen molar-refractivity contribution in [2.24, 2.45) is 0 Å². The number of para-hydroxylation sites is 1. The van der Waals surface area contributed by atoms with E-state index in [0.29, 0.717) is 31.7 Å². The molecule has 0 aromatic heterocycles. The van der Waals surface area contributed by atoms with E-state index in [1.807, 2.05) is 30.3 Å². The van der Waals surface area contributed by atoms with Crippen molar-refractivity contribution in [3.05, 3.63) is 30.3 Å². The summed E-state index contributed by atoms with van der Waals surface area (Å²) in [7, 11) is 0. The highest BCUT2D eigenvalue weighted by atomic mass is 16.5. The van der Waals surface area contributed by atoms with Gasteiger partial charge >= 0.3 is 0 Å². The van der Waals surface area contributed by atoms with Gasteiger partial charge in [0.1, 0.15) is 11.5 Å². The van der Waals surface area contributed by atoms with Gasteiger partial charge in [0, 0.05) is 25.9 Å². The molecule has 0 bridgehead atoms. The number of carbonyl (C=O) groups excluding carboxylic acids is 2. The van der Waals surface area contributed by atoms with Gasteiger partial charge in [-0.05, 0) is 19.1 Å². The number of Topliss-reactive ketones (excluding diaryl/α,β-unsaturated/α-hetero) is 1. The third-order valence-electron chi connectivity index (χ3n) is 3.04. The Morgan fingerprint density at radius 1 is 1.22 bits per heavy atom. The zero-order chi connectivity index (χ0) is 13.0. The first kappa shape index (κ1) is 12.6. The Kier molecular flexibility index (Phi) is 3.97. The molecule has 1 saturated heterocycles. The van der Waals surface area contributed by atoms with Crippen LogP contribution in [0.2, 0.25) is 0 Å². The second kappa shape index (κ2) is 5.67. The van der Waals surface area contributed by atoms with Crippen molar-refractivity contribution in [2.75, 3.05) is 13.1 Å². The van der Waals surface area contributed by atoms with E-state index < -0.39 is 6.10 Å². The number of piperidine rings is 1. The van der Waals surface area contributed by atoms with Crippen LogP contribution in [-0.4, -0.2) is 35.8 Å². The molecule has 1 aromatic carbocycles. The van der Waals surface area contributed by atoms with E-state index in [0.717, 1.165) is 0 Å². The number of ether oxygens (including phenoxy) is 1. The molecule has 18 heavy (non-hydrogen) atoms. The van der Waals surface area contributed by atoms with E-state index in [9.17, 15) is 9.59 Å². The summed E-state index contributed by atoms with van der Waals surface area (Å²) in [6.07, 6.45) is 0.411. The standard InChI is InChI=1S/C14H17NO3/c1-11(18-13-5-3-2-4-6-13)14(17)15-9-7-12(16)8-10-15/h2-6,11H,7-10H2,1H3. The third-order valence-corrected chi connectivity index (χ3v) is 3.04. The van der Waals surface area contributed by atoms with Crippen molar-refractivity contribution < 1.29 is 14.3 Å². The molecule has 0 radical (unpaired) electrons. The van der Waals surface area contributed by atoms with Gasteiger partial charge in [0.2, 0.25) is 0 Å². The maximum atomic E-state index is 12.1. The molecule has 1 aromatic rings. The summed E-state index contributed by atoms with van der Waals surface area (Å²) in [5.41, 5.74) is 0. The predicted octanol–water partition coefficient (Wildman–Crippen LogP) is 1.65. The van der Waals surface area contributed by atoms with Gasteiger partial charge in [0.25, 0.3) is 5.91 Å². The van der Waals surface area contributed by atoms with Crippen molar-refractivity contribution in [1.82, 2.24) is 4.90 Å². The summed E-state index contributed by atoms with van der Waals surface area (Å²) in [5, 5.41) is 0. The number of benzene rings is 1. The lowest BCUT2D eigenvalue weighted by molar-refractivity contribution is -0.140. The van der Waals surface area contributed by atoms with E-state index in [1.165, 1.54) is 0 Å². The van der Waals surface area contributed by atoms with Crippen LogP contribution in [0.1, 0.15) is 19.8 Å². The summed E-state index contributed by atoms with van der Waals surface area (Å²) in [5.74, 6) is 0.869. The number of hydrogen-bond acceptors (Lipinski definition) is 3. The van der Waals surface area contributed by atoms with Crippen LogP contribution in [0.5, 0.6) is 5.75 Å². The summed E-state index contributed by atoms with van der Waals surface area (Å²) in [4.78, 5) is 24.9. The Morgan fingerprint density at radius 2 is 1.83 bits per heavy atom. The van der Waals surface area contributed by atoms with Gasteiger partial charge in [0.15, 0.2) is 6.10 Å². The second-order valence-electron chi connectivity index (χ2n) is 4.44. The molecule has 1 amide bonds. The smallest absolute Gasteiger partial charge is 0.263 e. The first-order chi connectivity index (χ1) is 8.66. The molecule has 96 valence electrons. The van der Waals surface area contributed by atoms with E-state index >= 15 is 0 Å². The number of amides is 1. The van der Waals surface area contributed by atoms with E-state index in [4.69, 9.17) is 4.74 Å². The minimum absolute atomic E-state index is 0.0497. The summed E-state index contributed by atoms with van der Waals surface area (Å²) < 4.78 is 5.58. The van der Waals surface area contributed by atoms with Crippen LogP contribution in [-0.2, 0) is 9.59 Å². The van der Waals surface area contributed by atoms with Gasteiger partial charge in [0.05, 0.1) is 0 Å². The van der Waals surface area contributed by atoms with E-state index in [-0.39, 0.29) is 11.7 Å². The lowest BCUT2D eigenvalue weighted by atomic mass is 10.1. The molecule has 4 heteroatoms. The van der Waals surface area contributed by atoms with Crippen molar-refractivity contribution in [3.8, 4) is 5.75 Å². The van der Waals surface area contributed by atoms with Crippen LogP contribution in [0.25, 0.3) is 0 Å². The van der Waals surface area contributed by atoms with Gasteiger partial charge in [-0.2, -0.15) is 0 Å². The number of nitrogens with zero attached hydrogens (tertiary/aromatic N) is 1. The Labute approximate surface area is 107 Å². The fourth-order valence-corrected chi connectivity index (χ4v) is 1.99. The second-order valence-corrected chi connectivity index (χ2v) is 4.44. The molecule has 1 fully saturated rings. The summed E-state index contributed by atoms with van der Waals surface area (Å²) in [6, 6.07) is 9.28. The van der Waals surface area contributed by atoms with Crippen LogP contribution in [0.4, 0.5) is 0 Å². The van der Waals surface area contributed by atoms with Crippen LogP contribution >= 0.6 is 0 Å². The SMILES string of the molecule is CC(Oc1ccccc1)C(=O)N1CCC(=O)CC1. The molecular formula is C14H17NO3. The fraction of sp³-hybridized carbons (Fsp3) is 0.429. The highest BCUT2D eigenvalue weighted by Crippen LogP contribution is 2.14. The first-order valence-corrected chi connectivity index (χ1v) is 6.19.